The lowest BCUT2D eigenvalue weighted by Crippen LogP contribution is -2.47. The van der Waals surface area contributed by atoms with Crippen LogP contribution < -0.4 is 5.32 Å². The smallest absolute Gasteiger partial charge is 0.306 e. The van der Waals surface area contributed by atoms with Crippen molar-refractivity contribution >= 4 is 27.8 Å². The molecule has 1 fully saturated rings. The van der Waals surface area contributed by atoms with E-state index in [1.165, 1.54) is 0 Å². The van der Waals surface area contributed by atoms with E-state index in [1.807, 2.05) is 31.2 Å². The molecule has 1 amide bonds. The van der Waals surface area contributed by atoms with Gasteiger partial charge < -0.3 is 10.4 Å². The number of carbonyl (C=O) groups excluding carboxylic acids is 1. The molecule has 1 aliphatic rings. The second-order valence-electron chi connectivity index (χ2n) is 4.99. The van der Waals surface area contributed by atoms with Crippen molar-refractivity contribution < 1.29 is 14.7 Å². The minimum Gasteiger partial charge on any atom is -0.481 e. The fourth-order valence-electron chi connectivity index (χ4n) is 2.17. The van der Waals surface area contributed by atoms with Crippen LogP contribution in [-0.4, -0.2) is 23.0 Å². The van der Waals surface area contributed by atoms with Gasteiger partial charge in [-0.15, -0.1) is 0 Å². The van der Waals surface area contributed by atoms with Gasteiger partial charge in [0, 0.05) is 10.5 Å². The Balaban J connectivity index is 1.87. The maximum Gasteiger partial charge on any atom is 0.306 e. The molecule has 1 saturated carbocycles. The number of benzene rings is 1. The highest BCUT2D eigenvalue weighted by atomic mass is 79.9. The van der Waals surface area contributed by atoms with Crippen molar-refractivity contribution in [2.75, 3.05) is 0 Å². The lowest BCUT2D eigenvalue weighted by Gasteiger charge is -2.33. The van der Waals surface area contributed by atoms with E-state index in [-0.39, 0.29) is 23.8 Å². The van der Waals surface area contributed by atoms with Gasteiger partial charge in [-0.05, 0) is 37.5 Å². The minimum absolute atomic E-state index is 0.00602. The number of amides is 1. The molecule has 1 unspecified atom stereocenters. The van der Waals surface area contributed by atoms with E-state index in [4.69, 9.17) is 5.11 Å². The molecule has 0 bridgehead atoms. The van der Waals surface area contributed by atoms with Crippen molar-refractivity contribution in [2.45, 2.75) is 31.7 Å². The molecule has 0 radical (unpaired) electrons. The van der Waals surface area contributed by atoms with Gasteiger partial charge in [0.15, 0.2) is 0 Å². The Morgan fingerprint density at radius 2 is 1.89 bits per heavy atom. The predicted molar refractivity (Wildman–Crippen MR) is 74.8 cm³/mol. The molecule has 0 heterocycles. The van der Waals surface area contributed by atoms with Crippen LogP contribution in [0.1, 0.15) is 31.2 Å². The highest BCUT2D eigenvalue weighted by Crippen LogP contribution is 2.28. The number of halogens is 1. The summed E-state index contributed by atoms with van der Waals surface area (Å²) in [4.78, 5) is 22.7. The Hall–Kier alpha value is -1.36. The van der Waals surface area contributed by atoms with Crippen molar-refractivity contribution in [3.8, 4) is 0 Å². The number of hydrogen-bond donors (Lipinski definition) is 2. The second-order valence-corrected chi connectivity index (χ2v) is 5.90. The van der Waals surface area contributed by atoms with Gasteiger partial charge in [0.2, 0.25) is 5.91 Å². The van der Waals surface area contributed by atoms with Crippen LogP contribution in [0.2, 0.25) is 0 Å². The average Bonchev–Trinajstić information content (AvgIpc) is 2.32. The Morgan fingerprint density at radius 1 is 1.32 bits per heavy atom. The molecule has 102 valence electrons. The summed E-state index contributed by atoms with van der Waals surface area (Å²) in [7, 11) is 0. The third kappa shape index (κ3) is 3.35. The summed E-state index contributed by atoms with van der Waals surface area (Å²) in [5.41, 5.74) is 0.954. The van der Waals surface area contributed by atoms with Gasteiger partial charge in [0.25, 0.3) is 0 Å². The third-order valence-electron chi connectivity index (χ3n) is 3.60. The molecule has 1 aromatic rings. The average molecular weight is 326 g/mol. The first-order chi connectivity index (χ1) is 8.97. The summed E-state index contributed by atoms with van der Waals surface area (Å²) < 4.78 is 0.979. The summed E-state index contributed by atoms with van der Waals surface area (Å²) in [6.45, 7) is 1.85. The van der Waals surface area contributed by atoms with E-state index in [2.05, 4.69) is 21.2 Å². The fourth-order valence-corrected chi connectivity index (χ4v) is 2.43. The van der Waals surface area contributed by atoms with Crippen molar-refractivity contribution in [2.24, 2.45) is 5.92 Å². The van der Waals surface area contributed by atoms with Gasteiger partial charge in [-0.1, -0.05) is 28.1 Å². The van der Waals surface area contributed by atoms with Crippen LogP contribution in [0.5, 0.6) is 0 Å². The van der Waals surface area contributed by atoms with E-state index < -0.39 is 5.97 Å². The van der Waals surface area contributed by atoms with E-state index in [9.17, 15) is 9.59 Å². The van der Waals surface area contributed by atoms with Gasteiger partial charge >= 0.3 is 5.97 Å². The Labute approximate surface area is 120 Å². The molecule has 0 spiro atoms. The molecule has 1 atom stereocenters. The summed E-state index contributed by atoms with van der Waals surface area (Å²) in [5.74, 6) is -1.34. The molecular formula is C14H16BrNO3. The maximum absolute atomic E-state index is 12.0. The summed E-state index contributed by atoms with van der Waals surface area (Å²) in [5, 5.41) is 11.7. The van der Waals surface area contributed by atoms with Gasteiger partial charge in [0.05, 0.1) is 11.8 Å². The van der Waals surface area contributed by atoms with Gasteiger partial charge in [-0.3, -0.25) is 9.59 Å². The molecular weight excluding hydrogens is 310 g/mol. The summed E-state index contributed by atoms with van der Waals surface area (Å²) in [6.07, 6.45) is 1.07. The molecule has 5 heteroatoms. The zero-order chi connectivity index (χ0) is 14.0. The Bertz CT molecular complexity index is 480. The standard InChI is InChI=1S/C14H16BrNO3/c1-8(9-2-4-11(15)5-3-9)13(17)16-12-6-10(7-12)14(18)19/h2-5,8,10,12H,6-7H2,1H3,(H,16,17)(H,18,19). The first-order valence-electron chi connectivity index (χ1n) is 6.26. The first-order valence-corrected chi connectivity index (χ1v) is 7.05. The lowest BCUT2D eigenvalue weighted by molar-refractivity contribution is -0.146. The molecule has 2 N–H and O–H groups in total. The topological polar surface area (TPSA) is 66.4 Å². The molecule has 19 heavy (non-hydrogen) atoms. The zero-order valence-electron chi connectivity index (χ0n) is 10.6. The number of hydrogen-bond acceptors (Lipinski definition) is 2. The lowest BCUT2D eigenvalue weighted by atomic mass is 9.80. The van der Waals surface area contributed by atoms with Crippen molar-refractivity contribution in [3.63, 3.8) is 0 Å². The third-order valence-corrected chi connectivity index (χ3v) is 4.13. The Kier molecular flexibility index (Phi) is 4.24. The maximum atomic E-state index is 12.0. The van der Waals surface area contributed by atoms with Crippen LogP contribution in [0.4, 0.5) is 0 Å². The molecule has 0 aromatic heterocycles. The van der Waals surface area contributed by atoms with Crippen LogP contribution in [0.25, 0.3) is 0 Å². The van der Waals surface area contributed by atoms with Crippen LogP contribution in [-0.2, 0) is 9.59 Å². The van der Waals surface area contributed by atoms with Crippen LogP contribution in [0.15, 0.2) is 28.7 Å². The zero-order valence-corrected chi connectivity index (χ0v) is 12.2. The van der Waals surface area contributed by atoms with Crippen molar-refractivity contribution in [3.05, 3.63) is 34.3 Å². The van der Waals surface area contributed by atoms with Crippen molar-refractivity contribution in [1.29, 1.82) is 0 Å². The van der Waals surface area contributed by atoms with Crippen molar-refractivity contribution in [1.82, 2.24) is 5.32 Å². The number of carboxylic acids is 1. The van der Waals surface area contributed by atoms with E-state index >= 15 is 0 Å². The van der Waals surface area contributed by atoms with Crippen LogP contribution >= 0.6 is 15.9 Å². The fraction of sp³-hybridized carbons (Fsp3) is 0.429. The van der Waals surface area contributed by atoms with Gasteiger partial charge in [0.1, 0.15) is 0 Å². The first kappa shape index (κ1) is 14.1. The number of rotatable bonds is 4. The van der Waals surface area contributed by atoms with Crippen LogP contribution in [0.3, 0.4) is 0 Å². The number of carboxylic acid groups (broad SMARTS) is 1. The highest BCUT2D eigenvalue weighted by Gasteiger charge is 2.35. The predicted octanol–water partition coefficient (Wildman–Crippen LogP) is 2.53. The van der Waals surface area contributed by atoms with E-state index in [0.29, 0.717) is 12.8 Å². The molecule has 0 aliphatic heterocycles. The quantitative estimate of drug-likeness (QED) is 0.893. The molecule has 4 nitrogen and oxygen atoms in total. The molecule has 1 aromatic carbocycles. The summed E-state index contributed by atoms with van der Waals surface area (Å²) in [6, 6.07) is 7.64. The van der Waals surface area contributed by atoms with E-state index in [1.54, 1.807) is 0 Å². The van der Waals surface area contributed by atoms with Crippen LogP contribution in [0, 0.1) is 5.92 Å². The number of aliphatic carboxylic acids is 1. The highest BCUT2D eigenvalue weighted by molar-refractivity contribution is 9.10. The largest absolute Gasteiger partial charge is 0.481 e. The Morgan fingerprint density at radius 3 is 2.42 bits per heavy atom. The summed E-state index contributed by atoms with van der Waals surface area (Å²) >= 11 is 3.36. The van der Waals surface area contributed by atoms with Gasteiger partial charge in [-0.2, -0.15) is 0 Å². The molecule has 0 saturated heterocycles. The monoisotopic (exact) mass is 325 g/mol. The normalized spacial score (nSPS) is 23.3. The SMILES string of the molecule is CC(C(=O)NC1CC(C(=O)O)C1)c1ccc(Br)cc1. The second kappa shape index (κ2) is 5.74. The minimum atomic E-state index is -0.772. The van der Waals surface area contributed by atoms with E-state index in [0.717, 1.165) is 10.0 Å². The molecule has 1 aliphatic carbocycles. The molecule has 2 rings (SSSR count). The number of carbonyl (C=O) groups is 2. The van der Waals surface area contributed by atoms with Gasteiger partial charge in [-0.25, -0.2) is 0 Å². The number of nitrogens with one attached hydrogen (secondary N) is 1.